The zero-order valence-corrected chi connectivity index (χ0v) is 14.3. The summed E-state index contributed by atoms with van der Waals surface area (Å²) < 4.78 is 2.83. The maximum atomic E-state index is 5.90. The summed E-state index contributed by atoms with van der Waals surface area (Å²) in [5, 5.41) is 5.34. The average Bonchev–Trinajstić information content (AvgIpc) is 3.14. The molecule has 0 aliphatic rings. The quantitative estimate of drug-likeness (QED) is 0.491. The highest BCUT2D eigenvalue weighted by Crippen LogP contribution is 2.29. The third-order valence-electron chi connectivity index (χ3n) is 3.26. The van der Waals surface area contributed by atoms with Gasteiger partial charge in [-0.2, -0.15) is 0 Å². The van der Waals surface area contributed by atoms with Crippen LogP contribution in [0.15, 0.2) is 59.3 Å². The van der Waals surface area contributed by atoms with Gasteiger partial charge in [0.25, 0.3) is 0 Å². The highest BCUT2D eigenvalue weighted by atomic mass is 35.5. The largest absolute Gasteiger partial charge is 0.264 e. The molecule has 0 fully saturated rings. The number of hydrogen-bond donors (Lipinski definition) is 0. The maximum Gasteiger partial charge on any atom is 0.213 e. The Balaban J connectivity index is 1.51. The van der Waals surface area contributed by atoms with Gasteiger partial charge in [0.1, 0.15) is 0 Å². The van der Waals surface area contributed by atoms with Crippen molar-refractivity contribution in [2.24, 2.45) is 0 Å². The van der Waals surface area contributed by atoms with Crippen molar-refractivity contribution in [2.45, 2.75) is 10.1 Å². The average molecular weight is 359 g/mol. The van der Waals surface area contributed by atoms with E-state index in [2.05, 4.69) is 15.1 Å². The van der Waals surface area contributed by atoms with Crippen LogP contribution in [0.4, 0.5) is 0 Å². The van der Waals surface area contributed by atoms with Crippen LogP contribution in [0.25, 0.3) is 16.2 Å². The van der Waals surface area contributed by atoms with Crippen LogP contribution in [0.3, 0.4) is 0 Å². The maximum absolute atomic E-state index is 5.90. The topological polar surface area (TPSA) is 43.1 Å². The number of halogens is 1. The molecule has 0 amide bonds. The lowest BCUT2D eigenvalue weighted by atomic mass is 10.2. The first-order valence-corrected chi connectivity index (χ1v) is 9.10. The number of benzene rings is 1. The lowest BCUT2D eigenvalue weighted by Gasteiger charge is -1.98. The summed E-state index contributed by atoms with van der Waals surface area (Å²) in [5.74, 6) is 0.864. The van der Waals surface area contributed by atoms with E-state index in [1.165, 1.54) is 5.56 Å². The molecule has 7 heteroatoms. The Hall–Kier alpha value is -1.89. The lowest BCUT2D eigenvalue weighted by Crippen LogP contribution is -1.83. The van der Waals surface area contributed by atoms with Crippen LogP contribution in [0, 0.1) is 0 Å². The van der Waals surface area contributed by atoms with Crippen LogP contribution >= 0.6 is 34.7 Å². The summed E-state index contributed by atoms with van der Waals surface area (Å²) in [6, 6.07) is 11.8. The predicted octanol–water partition coefficient (Wildman–Crippen LogP) is 4.80. The van der Waals surface area contributed by atoms with Gasteiger partial charge >= 0.3 is 0 Å². The summed E-state index contributed by atoms with van der Waals surface area (Å²) in [6.45, 7) is 0. The van der Waals surface area contributed by atoms with Gasteiger partial charge in [-0.3, -0.25) is 4.98 Å². The van der Waals surface area contributed by atoms with E-state index in [-0.39, 0.29) is 0 Å². The number of thioether (sulfide) groups is 1. The number of hydrogen-bond acceptors (Lipinski definition) is 5. The molecule has 4 aromatic rings. The molecule has 3 heterocycles. The Labute approximate surface area is 146 Å². The molecule has 0 bridgehead atoms. The molecule has 1 aromatic carbocycles. The van der Waals surface area contributed by atoms with Crippen LogP contribution in [-0.4, -0.2) is 19.6 Å². The Morgan fingerprint density at radius 3 is 2.78 bits per heavy atom. The number of rotatable bonds is 4. The summed E-state index contributed by atoms with van der Waals surface area (Å²) in [7, 11) is 0. The molecule has 0 saturated heterocycles. The van der Waals surface area contributed by atoms with Crippen molar-refractivity contribution in [3.63, 3.8) is 0 Å². The number of pyridine rings is 1. The zero-order chi connectivity index (χ0) is 15.6. The van der Waals surface area contributed by atoms with Gasteiger partial charge in [-0.25, -0.2) is 9.50 Å². The molecule has 0 saturated carbocycles. The smallest absolute Gasteiger partial charge is 0.213 e. The SMILES string of the molecule is Clc1ccc(CSc2nn3cc(-c4cccnc4)nc3s2)cc1. The van der Waals surface area contributed by atoms with Crippen molar-refractivity contribution < 1.29 is 0 Å². The van der Waals surface area contributed by atoms with Crippen molar-refractivity contribution in [3.05, 3.63) is 65.6 Å². The van der Waals surface area contributed by atoms with Crippen LogP contribution in [-0.2, 0) is 5.75 Å². The normalized spacial score (nSPS) is 11.2. The molecule has 114 valence electrons. The second kappa shape index (κ2) is 6.31. The standard InChI is InChI=1S/C16H11ClN4S2/c17-13-5-3-11(4-6-13)10-22-16-20-21-9-14(19-15(21)23-16)12-2-1-7-18-8-12/h1-9H,10H2. The Bertz CT molecular complexity index is 900. The third-order valence-corrected chi connectivity index (χ3v) is 5.64. The zero-order valence-electron chi connectivity index (χ0n) is 11.9. The van der Waals surface area contributed by atoms with E-state index < -0.39 is 0 Å². The minimum atomic E-state index is 0.759. The van der Waals surface area contributed by atoms with Crippen molar-refractivity contribution in [3.8, 4) is 11.3 Å². The molecule has 0 aliphatic carbocycles. The first-order valence-electron chi connectivity index (χ1n) is 6.92. The molecule has 0 aliphatic heterocycles. The van der Waals surface area contributed by atoms with E-state index in [1.54, 1.807) is 29.3 Å². The number of nitrogens with zero attached hydrogens (tertiary/aromatic N) is 4. The highest BCUT2D eigenvalue weighted by Gasteiger charge is 2.10. The van der Waals surface area contributed by atoms with Gasteiger partial charge in [0.2, 0.25) is 4.96 Å². The fraction of sp³-hybridized carbons (Fsp3) is 0.0625. The third kappa shape index (κ3) is 3.24. The molecule has 0 atom stereocenters. The second-order valence-electron chi connectivity index (χ2n) is 4.88. The van der Waals surface area contributed by atoms with E-state index in [0.29, 0.717) is 0 Å². The Morgan fingerprint density at radius 1 is 1.17 bits per heavy atom. The van der Waals surface area contributed by atoms with E-state index in [1.807, 2.05) is 53.3 Å². The highest BCUT2D eigenvalue weighted by molar-refractivity contribution is 8.00. The first kappa shape index (κ1) is 14.7. The summed E-state index contributed by atoms with van der Waals surface area (Å²) >= 11 is 9.19. The molecular weight excluding hydrogens is 348 g/mol. The minimum absolute atomic E-state index is 0.759. The molecule has 0 N–H and O–H groups in total. The fourth-order valence-corrected chi connectivity index (χ4v) is 4.13. The van der Waals surface area contributed by atoms with Gasteiger partial charge in [-0.05, 0) is 29.8 Å². The molecular formula is C16H11ClN4S2. The van der Waals surface area contributed by atoms with Crippen LogP contribution in [0.5, 0.6) is 0 Å². The van der Waals surface area contributed by atoms with E-state index in [4.69, 9.17) is 11.6 Å². The Morgan fingerprint density at radius 2 is 2.04 bits per heavy atom. The van der Waals surface area contributed by atoms with Crippen LogP contribution in [0.1, 0.15) is 5.56 Å². The molecule has 4 rings (SSSR count). The molecule has 23 heavy (non-hydrogen) atoms. The van der Waals surface area contributed by atoms with Crippen LogP contribution in [0.2, 0.25) is 5.02 Å². The van der Waals surface area contributed by atoms with Gasteiger partial charge < -0.3 is 0 Å². The van der Waals surface area contributed by atoms with Gasteiger partial charge in [-0.15, -0.1) is 5.10 Å². The van der Waals surface area contributed by atoms with Gasteiger partial charge in [-0.1, -0.05) is 46.8 Å². The van der Waals surface area contributed by atoms with Crippen molar-refractivity contribution >= 4 is 39.7 Å². The van der Waals surface area contributed by atoms with Crippen molar-refractivity contribution in [1.82, 2.24) is 19.6 Å². The number of fused-ring (bicyclic) bond motifs is 1. The molecule has 4 nitrogen and oxygen atoms in total. The van der Waals surface area contributed by atoms with Crippen molar-refractivity contribution in [2.75, 3.05) is 0 Å². The molecule has 0 spiro atoms. The number of imidazole rings is 1. The molecule has 3 aromatic heterocycles. The monoisotopic (exact) mass is 358 g/mol. The lowest BCUT2D eigenvalue weighted by molar-refractivity contribution is 0.915. The van der Waals surface area contributed by atoms with Crippen LogP contribution < -0.4 is 0 Å². The summed E-state index contributed by atoms with van der Waals surface area (Å²) in [4.78, 5) is 9.63. The summed E-state index contributed by atoms with van der Waals surface area (Å²) in [5.41, 5.74) is 3.12. The number of aromatic nitrogens is 4. The first-order chi connectivity index (χ1) is 11.3. The van der Waals surface area contributed by atoms with E-state index in [0.717, 1.165) is 31.3 Å². The van der Waals surface area contributed by atoms with Gasteiger partial charge in [0, 0.05) is 28.7 Å². The van der Waals surface area contributed by atoms with Crippen molar-refractivity contribution in [1.29, 1.82) is 0 Å². The van der Waals surface area contributed by atoms with E-state index >= 15 is 0 Å². The van der Waals surface area contributed by atoms with Gasteiger partial charge in [0.15, 0.2) is 4.34 Å². The molecule has 0 radical (unpaired) electrons. The predicted molar refractivity (Wildman–Crippen MR) is 95.1 cm³/mol. The minimum Gasteiger partial charge on any atom is -0.264 e. The fourth-order valence-electron chi connectivity index (χ4n) is 2.12. The molecule has 0 unspecified atom stereocenters. The van der Waals surface area contributed by atoms with E-state index in [9.17, 15) is 0 Å². The summed E-state index contributed by atoms with van der Waals surface area (Å²) in [6.07, 6.45) is 5.50. The van der Waals surface area contributed by atoms with Gasteiger partial charge in [0.05, 0.1) is 11.9 Å². The Kier molecular flexibility index (Phi) is 4.03. The second-order valence-corrected chi connectivity index (χ2v) is 7.49.